The van der Waals surface area contributed by atoms with Crippen LogP contribution in [-0.2, 0) is 6.42 Å². The standard InChI is InChI=1S/C27H26N6O/c1-5-18-9-7-12-21(16(18)2)26-28-24(30-32-26)19-10-6-11-20(15-19)25-29-27(33-31-25)22-13-8-14-23(34-4)17(22)3/h6-15H,5H2,1-4H3,(H,28,30,32)(H,29,31,33). The molecule has 0 radical (unpaired) electrons. The minimum absolute atomic E-state index is 0.612. The molecule has 7 heteroatoms. The summed E-state index contributed by atoms with van der Waals surface area (Å²) in [5.41, 5.74) is 7.35. The minimum atomic E-state index is 0.612. The largest absolute Gasteiger partial charge is 0.496 e. The summed E-state index contributed by atoms with van der Waals surface area (Å²) in [5.74, 6) is 3.53. The molecule has 0 spiro atoms. The van der Waals surface area contributed by atoms with Crippen molar-refractivity contribution in [3.8, 4) is 51.3 Å². The molecule has 0 bridgehead atoms. The second kappa shape index (κ2) is 8.94. The van der Waals surface area contributed by atoms with Crippen molar-refractivity contribution in [1.82, 2.24) is 30.4 Å². The number of methoxy groups -OCH3 is 1. The SMILES string of the molecule is CCc1cccc(-c2nc(-c3cccc(-c4n[nH]c(-c5cccc(OC)c5C)n4)c3)n[nH]2)c1C. The quantitative estimate of drug-likeness (QED) is 0.342. The highest BCUT2D eigenvalue weighted by Crippen LogP contribution is 2.30. The molecule has 3 aromatic carbocycles. The van der Waals surface area contributed by atoms with Crippen LogP contribution in [0.25, 0.3) is 45.6 Å². The Morgan fingerprint density at radius 2 is 1.29 bits per heavy atom. The van der Waals surface area contributed by atoms with Gasteiger partial charge in [0, 0.05) is 27.8 Å². The Bertz CT molecular complexity index is 1360. The number of aromatic amines is 2. The number of ether oxygens (including phenoxy) is 1. The maximum Gasteiger partial charge on any atom is 0.181 e. The number of nitrogens with one attached hydrogen (secondary N) is 2. The molecule has 2 N–H and O–H groups in total. The first-order chi connectivity index (χ1) is 16.6. The third-order valence-electron chi connectivity index (χ3n) is 6.19. The van der Waals surface area contributed by atoms with Gasteiger partial charge in [0.1, 0.15) is 5.75 Å². The van der Waals surface area contributed by atoms with Crippen molar-refractivity contribution in [3.63, 3.8) is 0 Å². The molecule has 5 rings (SSSR count). The highest BCUT2D eigenvalue weighted by atomic mass is 16.5. The summed E-state index contributed by atoms with van der Waals surface area (Å²) in [4.78, 5) is 9.51. The van der Waals surface area contributed by atoms with E-state index in [0.29, 0.717) is 17.5 Å². The molecule has 0 fully saturated rings. The van der Waals surface area contributed by atoms with Gasteiger partial charge in [0.05, 0.1) is 7.11 Å². The summed E-state index contributed by atoms with van der Waals surface area (Å²) in [6, 6.07) is 20.1. The van der Waals surface area contributed by atoms with Gasteiger partial charge in [-0.2, -0.15) is 10.2 Å². The zero-order valence-electron chi connectivity index (χ0n) is 19.7. The third-order valence-corrected chi connectivity index (χ3v) is 6.19. The fraction of sp³-hybridized carbons (Fsp3) is 0.185. The Morgan fingerprint density at radius 1 is 0.735 bits per heavy atom. The lowest BCUT2D eigenvalue weighted by Crippen LogP contribution is -1.92. The van der Waals surface area contributed by atoms with Crippen LogP contribution in [0.4, 0.5) is 0 Å². The Kier molecular flexibility index (Phi) is 5.67. The summed E-state index contributed by atoms with van der Waals surface area (Å²) in [6.07, 6.45) is 0.983. The smallest absolute Gasteiger partial charge is 0.181 e. The fourth-order valence-electron chi connectivity index (χ4n) is 4.24. The van der Waals surface area contributed by atoms with Crippen LogP contribution < -0.4 is 4.74 Å². The molecule has 0 atom stereocenters. The van der Waals surface area contributed by atoms with E-state index in [4.69, 9.17) is 14.7 Å². The van der Waals surface area contributed by atoms with Crippen molar-refractivity contribution in [3.05, 3.63) is 77.4 Å². The van der Waals surface area contributed by atoms with E-state index in [9.17, 15) is 0 Å². The molecule has 0 amide bonds. The summed E-state index contributed by atoms with van der Waals surface area (Å²) in [7, 11) is 1.67. The van der Waals surface area contributed by atoms with Crippen LogP contribution >= 0.6 is 0 Å². The van der Waals surface area contributed by atoms with Crippen LogP contribution in [-0.4, -0.2) is 37.5 Å². The lowest BCUT2D eigenvalue weighted by atomic mass is 10.0. The Morgan fingerprint density at radius 3 is 1.88 bits per heavy atom. The number of nitrogens with zero attached hydrogens (tertiary/aromatic N) is 4. The van der Waals surface area contributed by atoms with E-state index in [1.807, 2.05) is 49.4 Å². The zero-order valence-corrected chi connectivity index (χ0v) is 19.7. The van der Waals surface area contributed by atoms with Crippen molar-refractivity contribution in [2.45, 2.75) is 27.2 Å². The predicted octanol–water partition coefficient (Wildman–Crippen LogP) is 5.78. The molecular formula is C27H26N6O. The first-order valence-electron chi connectivity index (χ1n) is 11.3. The molecule has 0 saturated carbocycles. The Labute approximate surface area is 198 Å². The van der Waals surface area contributed by atoms with Crippen molar-refractivity contribution in [2.75, 3.05) is 7.11 Å². The average molecular weight is 451 g/mol. The van der Waals surface area contributed by atoms with Gasteiger partial charge in [-0.05, 0) is 43.5 Å². The summed E-state index contributed by atoms with van der Waals surface area (Å²) in [5, 5.41) is 15.1. The fourth-order valence-corrected chi connectivity index (χ4v) is 4.24. The first-order valence-corrected chi connectivity index (χ1v) is 11.3. The van der Waals surface area contributed by atoms with Gasteiger partial charge in [-0.25, -0.2) is 9.97 Å². The van der Waals surface area contributed by atoms with E-state index < -0.39 is 0 Å². The monoisotopic (exact) mass is 450 g/mol. The van der Waals surface area contributed by atoms with E-state index in [0.717, 1.165) is 45.8 Å². The summed E-state index contributed by atoms with van der Waals surface area (Å²) in [6.45, 7) is 6.30. The summed E-state index contributed by atoms with van der Waals surface area (Å²) < 4.78 is 5.44. The van der Waals surface area contributed by atoms with Gasteiger partial charge in [-0.3, -0.25) is 10.2 Å². The van der Waals surface area contributed by atoms with Gasteiger partial charge in [0.25, 0.3) is 0 Å². The highest BCUT2D eigenvalue weighted by molar-refractivity contribution is 5.70. The van der Waals surface area contributed by atoms with Gasteiger partial charge in [-0.15, -0.1) is 0 Å². The highest BCUT2D eigenvalue weighted by Gasteiger charge is 2.15. The predicted molar refractivity (Wildman–Crippen MR) is 133 cm³/mol. The number of H-pyrrole nitrogens is 2. The van der Waals surface area contributed by atoms with E-state index in [1.54, 1.807) is 7.11 Å². The van der Waals surface area contributed by atoms with Crippen LogP contribution in [0, 0.1) is 13.8 Å². The average Bonchev–Trinajstić information content (AvgIpc) is 3.55. The van der Waals surface area contributed by atoms with Crippen LogP contribution in [0.3, 0.4) is 0 Å². The number of aryl methyl sites for hydroxylation is 1. The van der Waals surface area contributed by atoms with Crippen LogP contribution in [0.2, 0.25) is 0 Å². The van der Waals surface area contributed by atoms with Gasteiger partial charge in [-0.1, -0.05) is 55.5 Å². The van der Waals surface area contributed by atoms with Crippen molar-refractivity contribution >= 4 is 0 Å². The van der Waals surface area contributed by atoms with E-state index in [2.05, 4.69) is 52.4 Å². The van der Waals surface area contributed by atoms with Crippen molar-refractivity contribution in [1.29, 1.82) is 0 Å². The molecule has 34 heavy (non-hydrogen) atoms. The molecular weight excluding hydrogens is 424 g/mol. The van der Waals surface area contributed by atoms with Gasteiger partial charge < -0.3 is 4.74 Å². The van der Waals surface area contributed by atoms with Crippen molar-refractivity contribution in [2.24, 2.45) is 0 Å². The Hall–Kier alpha value is -4.26. The van der Waals surface area contributed by atoms with E-state index in [1.165, 1.54) is 11.1 Å². The molecule has 2 aromatic heterocycles. The molecule has 170 valence electrons. The van der Waals surface area contributed by atoms with Gasteiger partial charge >= 0.3 is 0 Å². The number of aromatic nitrogens is 6. The number of hydrogen-bond donors (Lipinski definition) is 2. The summed E-state index contributed by atoms with van der Waals surface area (Å²) >= 11 is 0. The molecule has 0 unspecified atom stereocenters. The van der Waals surface area contributed by atoms with Gasteiger partial charge in [0.15, 0.2) is 23.3 Å². The molecule has 5 aromatic rings. The van der Waals surface area contributed by atoms with Crippen LogP contribution in [0.1, 0.15) is 23.6 Å². The lowest BCUT2D eigenvalue weighted by Gasteiger charge is -2.07. The molecule has 0 aliphatic carbocycles. The van der Waals surface area contributed by atoms with E-state index >= 15 is 0 Å². The van der Waals surface area contributed by atoms with Crippen LogP contribution in [0.15, 0.2) is 60.7 Å². The molecule has 2 heterocycles. The topological polar surface area (TPSA) is 92.4 Å². The molecule has 0 saturated heterocycles. The van der Waals surface area contributed by atoms with Gasteiger partial charge in [0.2, 0.25) is 0 Å². The van der Waals surface area contributed by atoms with E-state index in [-0.39, 0.29) is 0 Å². The second-order valence-corrected chi connectivity index (χ2v) is 8.17. The molecule has 0 aliphatic heterocycles. The number of benzene rings is 3. The van der Waals surface area contributed by atoms with Crippen LogP contribution in [0.5, 0.6) is 5.75 Å². The maximum absolute atomic E-state index is 5.44. The second-order valence-electron chi connectivity index (χ2n) is 8.17. The number of hydrogen-bond acceptors (Lipinski definition) is 5. The maximum atomic E-state index is 5.44. The molecule has 7 nitrogen and oxygen atoms in total. The Balaban J connectivity index is 1.46. The third kappa shape index (κ3) is 3.85. The zero-order chi connectivity index (χ0) is 23.7. The molecule has 0 aliphatic rings. The minimum Gasteiger partial charge on any atom is -0.496 e. The lowest BCUT2D eigenvalue weighted by molar-refractivity contribution is 0.412. The normalized spacial score (nSPS) is 11.1. The van der Waals surface area contributed by atoms with Crippen molar-refractivity contribution < 1.29 is 4.74 Å². The number of rotatable bonds is 6. The first kappa shape index (κ1) is 21.6.